The van der Waals surface area contributed by atoms with Crippen LogP contribution >= 0.6 is 23.2 Å². The van der Waals surface area contributed by atoms with Gasteiger partial charge in [-0.15, -0.1) is 0 Å². The number of benzene rings is 1. The van der Waals surface area contributed by atoms with Crippen molar-refractivity contribution in [2.45, 2.75) is 26.7 Å². The second kappa shape index (κ2) is 9.62. The highest BCUT2D eigenvalue weighted by molar-refractivity contribution is 6.42. The molecule has 0 saturated carbocycles. The molecule has 1 aromatic heterocycles. The van der Waals surface area contributed by atoms with Gasteiger partial charge in [0.05, 0.1) is 16.6 Å². The van der Waals surface area contributed by atoms with Gasteiger partial charge in [0.2, 0.25) is 5.91 Å². The van der Waals surface area contributed by atoms with Gasteiger partial charge in [-0.05, 0) is 25.1 Å². The molecule has 2 heterocycles. The van der Waals surface area contributed by atoms with Crippen molar-refractivity contribution in [3.05, 3.63) is 51.4 Å². The first-order valence-corrected chi connectivity index (χ1v) is 10.6. The van der Waals surface area contributed by atoms with Gasteiger partial charge in [-0.2, -0.15) is 0 Å². The second-order valence-electron chi connectivity index (χ2n) is 7.56. The lowest BCUT2D eigenvalue weighted by Gasteiger charge is -2.35. The number of amides is 2. The predicted molar refractivity (Wildman–Crippen MR) is 118 cm³/mol. The van der Waals surface area contributed by atoms with Gasteiger partial charge in [0.15, 0.2) is 0 Å². The Labute approximate surface area is 186 Å². The second-order valence-corrected chi connectivity index (χ2v) is 8.37. The number of nitrogens with one attached hydrogen (secondary N) is 1. The zero-order valence-electron chi connectivity index (χ0n) is 17.3. The average molecular weight is 450 g/mol. The fourth-order valence-corrected chi connectivity index (χ4v) is 3.48. The minimum absolute atomic E-state index is 0.0663. The van der Waals surface area contributed by atoms with Crippen LogP contribution in [0.25, 0.3) is 0 Å². The quantitative estimate of drug-likeness (QED) is 0.757. The van der Waals surface area contributed by atoms with Crippen LogP contribution < -0.4 is 10.2 Å². The molecular weight excluding hydrogens is 425 g/mol. The van der Waals surface area contributed by atoms with E-state index in [1.807, 2.05) is 13.0 Å². The van der Waals surface area contributed by atoms with E-state index in [0.29, 0.717) is 41.8 Å². The molecule has 1 aliphatic heterocycles. The van der Waals surface area contributed by atoms with Crippen LogP contribution in [0, 0.1) is 6.92 Å². The number of halogens is 2. The molecule has 1 saturated heterocycles. The first kappa shape index (κ1) is 22.3. The van der Waals surface area contributed by atoms with Crippen molar-refractivity contribution in [3.8, 4) is 0 Å². The fraction of sp³-hybridized carbons (Fsp3) is 0.429. The largest absolute Gasteiger partial charge is 0.353 e. The van der Waals surface area contributed by atoms with Crippen molar-refractivity contribution in [2.75, 3.05) is 37.6 Å². The van der Waals surface area contributed by atoms with E-state index in [9.17, 15) is 9.59 Å². The van der Waals surface area contributed by atoms with Crippen LogP contribution in [0.3, 0.4) is 0 Å². The molecule has 3 rings (SSSR count). The van der Waals surface area contributed by atoms with Crippen LogP contribution in [0.5, 0.6) is 0 Å². The normalized spacial score (nSPS) is 14.2. The average Bonchev–Trinajstić information content (AvgIpc) is 2.73. The fourth-order valence-electron chi connectivity index (χ4n) is 3.19. The number of nitrogens with zero attached hydrogens (tertiary/aromatic N) is 4. The van der Waals surface area contributed by atoms with E-state index >= 15 is 0 Å². The van der Waals surface area contributed by atoms with Gasteiger partial charge in [-0.3, -0.25) is 9.59 Å². The topological polar surface area (TPSA) is 78.4 Å². The monoisotopic (exact) mass is 449 g/mol. The lowest BCUT2D eigenvalue weighted by Crippen LogP contribution is -2.51. The lowest BCUT2D eigenvalue weighted by molar-refractivity contribution is -0.130. The van der Waals surface area contributed by atoms with Crippen LogP contribution in [-0.4, -0.2) is 59.4 Å². The summed E-state index contributed by atoms with van der Waals surface area (Å²) in [4.78, 5) is 37.8. The smallest absolute Gasteiger partial charge is 0.251 e. The van der Waals surface area contributed by atoms with E-state index in [2.05, 4.69) is 34.0 Å². The Morgan fingerprint density at radius 1 is 1.07 bits per heavy atom. The molecular formula is C21H25Cl2N5O2. The zero-order valence-corrected chi connectivity index (χ0v) is 18.8. The van der Waals surface area contributed by atoms with E-state index in [1.54, 1.807) is 17.0 Å². The molecule has 30 heavy (non-hydrogen) atoms. The Hall–Kier alpha value is -2.38. The third-order valence-corrected chi connectivity index (χ3v) is 5.65. The Morgan fingerprint density at radius 3 is 2.40 bits per heavy atom. The molecule has 0 unspecified atom stereocenters. The zero-order chi connectivity index (χ0) is 21.8. The van der Waals surface area contributed by atoms with Crippen molar-refractivity contribution in [3.63, 3.8) is 0 Å². The van der Waals surface area contributed by atoms with Crippen LogP contribution in [0.4, 0.5) is 5.82 Å². The van der Waals surface area contributed by atoms with Gasteiger partial charge in [-0.1, -0.05) is 37.0 Å². The lowest BCUT2D eigenvalue weighted by atomic mass is 10.2. The molecule has 9 heteroatoms. The highest BCUT2D eigenvalue weighted by atomic mass is 35.5. The Balaban J connectivity index is 1.53. The molecule has 7 nitrogen and oxygen atoms in total. The summed E-state index contributed by atoms with van der Waals surface area (Å²) >= 11 is 11.8. The maximum absolute atomic E-state index is 12.5. The molecule has 2 amide bonds. The van der Waals surface area contributed by atoms with Gasteiger partial charge in [0.25, 0.3) is 5.91 Å². The maximum atomic E-state index is 12.5. The number of rotatable bonds is 5. The van der Waals surface area contributed by atoms with E-state index < -0.39 is 0 Å². The van der Waals surface area contributed by atoms with Gasteiger partial charge in [0.1, 0.15) is 11.6 Å². The third kappa shape index (κ3) is 5.40. The number of piperazine rings is 1. The number of hydrogen-bond donors (Lipinski definition) is 1. The predicted octanol–water partition coefficient (Wildman–Crippen LogP) is 3.29. The van der Waals surface area contributed by atoms with Crippen molar-refractivity contribution < 1.29 is 9.59 Å². The summed E-state index contributed by atoms with van der Waals surface area (Å²) in [5, 5.41) is 3.32. The summed E-state index contributed by atoms with van der Waals surface area (Å²) in [7, 11) is 0. The molecule has 160 valence electrons. The van der Waals surface area contributed by atoms with Gasteiger partial charge in [-0.25, -0.2) is 9.97 Å². The molecule has 1 fully saturated rings. The minimum atomic E-state index is -0.363. The van der Waals surface area contributed by atoms with Gasteiger partial charge in [0, 0.05) is 49.4 Å². The van der Waals surface area contributed by atoms with E-state index in [1.165, 1.54) is 6.07 Å². The van der Waals surface area contributed by atoms with Crippen LogP contribution in [-0.2, 0) is 4.79 Å². The molecule has 0 bridgehead atoms. The molecule has 0 radical (unpaired) electrons. The van der Waals surface area contributed by atoms with E-state index in [0.717, 1.165) is 17.3 Å². The molecule has 1 N–H and O–H groups in total. The summed E-state index contributed by atoms with van der Waals surface area (Å²) < 4.78 is 0. The van der Waals surface area contributed by atoms with Crippen molar-refractivity contribution in [1.82, 2.24) is 20.2 Å². The van der Waals surface area contributed by atoms with E-state index in [-0.39, 0.29) is 24.3 Å². The number of aromatic nitrogens is 2. The SMILES string of the molecule is Cc1cc(N2CCN(C(=O)CNC(=O)c3ccc(Cl)c(Cl)c3)CC2)nc(C(C)C)n1. The number of carbonyl (C=O) groups excluding carboxylic acids is 2. The number of anilines is 1. The number of hydrogen-bond acceptors (Lipinski definition) is 5. The summed E-state index contributed by atoms with van der Waals surface area (Å²) in [6, 6.07) is 6.58. The van der Waals surface area contributed by atoms with Crippen LogP contribution in [0.15, 0.2) is 24.3 Å². The molecule has 1 aromatic carbocycles. The Bertz CT molecular complexity index is 943. The molecule has 1 aliphatic rings. The molecule has 2 aromatic rings. The summed E-state index contributed by atoms with van der Waals surface area (Å²) in [6.07, 6.45) is 0. The van der Waals surface area contributed by atoms with Crippen molar-refractivity contribution >= 4 is 40.8 Å². The third-order valence-electron chi connectivity index (χ3n) is 4.91. The van der Waals surface area contributed by atoms with Crippen molar-refractivity contribution in [2.24, 2.45) is 0 Å². The number of aryl methyl sites for hydroxylation is 1. The summed E-state index contributed by atoms with van der Waals surface area (Å²) in [6.45, 7) is 8.55. The summed E-state index contributed by atoms with van der Waals surface area (Å²) in [5.41, 5.74) is 1.30. The molecule has 0 atom stereocenters. The highest BCUT2D eigenvalue weighted by Gasteiger charge is 2.23. The molecule has 0 spiro atoms. The maximum Gasteiger partial charge on any atom is 0.251 e. The Kier molecular flexibility index (Phi) is 7.15. The first-order valence-electron chi connectivity index (χ1n) is 9.86. The first-order chi connectivity index (χ1) is 14.2. The Morgan fingerprint density at radius 2 is 1.77 bits per heavy atom. The van der Waals surface area contributed by atoms with Gasteiger partial charge >= 0.3 is 0 Å². The highest BCUT2D eigenvalue weighted by Crippen LogP contribution is 2.22. The van der Waals surface area contributed by atoms with Crippen molar-refractivity contribution in [1.29, 1.82) is 0 Å². The molecule has 0 aliphatic carbocycles. The standard InChI is InChI=1S/C21H25Cl2N5O2/c1-13(2)20-25-14(3)10-18(26-20)27-6-8-28(9-7-27)19(29)12-24-21(30)15-4-5-16(22)17(23)11-15/h4-5,10-11,13H,6-9,12H2,1-3H3,(H,24,30). The van der Waals surface area contributed by atoms with Gasteiger partial charge < -0.3 is 15.1 Å². The van der Waals surface area contributed by atoms with Crippen LogP contribution in [0.1, 0.15) is 41.6 Å². The van der Waals surface area contributed by atoms with Crippen LogP contribution in [0.2, 0.25) is 10.0 Å². The number of carbonyl (C=O) groups is 2. The summed E-state index contributed by atoms with van der Waals surface area (Å²) in [5.74, 6) is 1.49. The minimum Gasteiger partial charge on any atom is -0.353 e. The van der Waals surface area contributed by atoms with E-state index in [4.69, 9.17) is 23.2 Å².